The predicted molar refractivity (Wildman–Crippen MR) is 65.3 cm³/mol. The van der Waals surface area contributed by atoms with Gasteiger partial charge in [-0.05, 0) is 31.6 Å². The van der Waals surface area contributed by atoms with Crippen LogP contribution in [-0.4, -0.2) is 12.0 Å². The molecule has 0 saturated heterocycles. The minimum atomic E-state index is -4.20. The van der Waals surface area contributed by atoms with E-state index in [4.69, 9.17) is 0 Å². The molecule has 1 fully saturated rings. The van der Waals surface area contributed by atoms with Gasteiger partial charge in [0.2, 0.25) is 0 Å². The van der Waals surface area contributed by atoms with Gasteiger partial charge in [0.05, 0.1) is 6.42 Å². The molecule has 0 aromatic rings. The first-order valence-corrected chi connectivity index (χ1v) is 7.02. The van der Waals surface area contributed by atoms with E-state index in [1.54, 1.807) is 0 Å². The smallest absolute Gasteiger partial charge is 0.299 e. The van der Waals surface area contributed by atoms with Gasteiger partial charge in [0, 0.05) is 12.3 Å². The molecule has 0 radical (unpaired) electrons. The van der Waals surface area contributed by atoms with Crippen molar-refractivity contribution in [1.82, 2.24) is 0 Å². The van der Waals surface area contributed by atoms with Crippen molar-refractivity contribution in [2.75, 3.05) is 0 Å². The average molecular weight is 264 g/mol. The van der Waals surface area contributed by atoms with E-state index in [2.05, 4.69) is 6.92 Å². The lowest BCUT2D eigenvalue weighted by Gasteiger charge is -2.27. The number of alkyl halides is 3. The normalized spacial score (nSPS) is 25.1. The fourth-order valence-corrected chi connectivity index (χ4v) is 2.73. The molecule has 0 N–H and O–H groups in total. The molecule has 1 aliphatic rings. The third kappa shape index (κ3) is 5.87. The number of hydrogen-bond acceptors (Lipinski definition) is 1. The van der Waals surface area contributed by atoms with Gasteiger partial charge in [0.25, 0.3) is 0 Å². The SMILES string of the molecule is CCCCC1CCC(C(=O)CCC(F)(F)F)CC1. The van der Waals surface area contributed by atoms with Crippen molar-refractivity contribution in [2.24, 2.45) is 11.8 Å². The highest BCUT2D eigenvalue weighted by Crippen LogP contribution is 2.33. The number of rotatable bonds is 6. The zero-order valence-corrected chi connectivity index (χ0v) is 11.1. The Balaban J connectivity index is 2.23. The minimum absolute atomic E-state index is 0.106. The maximum Gasteiger partial charge on any atom is 0.389 e. The van der Waals surface area contributed by atoms with Gasteiger partial charge in [0.15, 0.2) is 0 Å². The number of hydrogen-bond donors (Lipinski definition) is 0. The number of carbonyl (C=O) groups is 1. The number of Topliss-reactive ketones (excluding diaryl/α,β-unsaturated/α-hetero) is 1. The standard InChI is InChI=1S/C14H23F3O/c1-2-3-4-11-5-7-12(8-6-11)13(18)9-10-14(15,16)17/h11-12H,2-10H2,1H3. The second-order valence-electron chi connectivity index (χ2n) is 5.44. The van der Waals surface area contributed by atoms with Crippen LogP contribution in [0.4, 0.5) is 13.2 Å². The lowest BCUT2D eigenvalue weighted by Crippen LogP contribution is -2.23. The second kappa shape index (κ2) is 7.15. The molecule has 0 heterocycles. The quantitative estimate of drug-likeness (QED) is 0.667. The number of unbranched alkanes of at least 4 members (excludes halogenated alkanes) is 1. The Bertz CT molecular complexity index is 252. The highest BCUT2D eigenvalue weighted by molar-refractivity contribution is 5.81. The Morgan fingerprint density at radius 1 is 1.17 bits per heavy atom. The molecule has 0 aliphatic heterocycles. The van der Waals surface area contributed by atoms with Crippen molar-refractivity contribution in [2.45, 2.75) is 70.9 Å². The summed E-state index contributed by atoms with van der Waals surface area (Å²) in [5.74, 6) is 0.406. The van der Waals surface area contributed by atoms with E-state index in [0.29, 0.717) is 5.92 Å². The third-order valence-electron chi connectivity index (χ3n) is 3.92. The summed E-state index contributed by atoms with van der Waals surface area (Å²) < 4.78 is 36.1. The molecule has 0 aromatic carbocycles. The summed E-state index contributed by atoms with van der Waals surface area (Å²) in [6.07, 6.45) is 1.76. The Hall–Kier alpha value is -0.540. The molecule has 1 aliphatic carbocycles. The fourth-order valence-electron chi connectivity index (χ4n) is 2.73. The van der Waals surface area contributed by atoms with Crippen LogP contribution >= 0.6 is 0 Å². The molecule has 4 heteroatoms. The molecule has 106 valence electrons. The lowest BCUT2D eigenvalue weighted by atomic mass is 9.77. The first-order valence-electron chi connectivity index (χ1n) is 7.02. The summed E-state index contributed by atoms with van der Waals surface area (Å²) in [5.41, 5.74) is 0. The number of carbonyl (C=O) groups excluding carboxylic acids is 1. The Morgan fingerprint density at radius 2 is 1.78 bits per heavy atom. The van der Waals surface area contributed by atoms with E-state index in [1.807, 2.05) is 0 Å². The molecule has 18 heavy (non-hydrogen) atoms. The van der Waals surface area contributed by atoms with Crippen LogP contribution in [0.25, 0.3) is 0 Å². The molecule has 0 spiro atoms. The number of halogens is 3. The van der Waals surface area contributed by atoms with Gasteiger partial charge in [-0.15, -0.1) is 0 Å². The lowest BCUT2D eigenvalue weighted by molar-refractivity contribution is -0.145. The summed E-state index contributed by atoms with van der Waals surface area (Å²) in [6.45, 7) is 2.16. The van der Waals surface area contributed by atoms with Crippen LogP contribution in [0.3, 0.4) is 0 Å². The maximum atomic E-state index is 12.0. The zero-order valence-electron chi connectivity index (χ0n) is 11.1. The van der Waals surface area contributed by atoms with Crippen LogP contribution in [0.5, 0.6) is 0 Å². The van der Waals surface area contributed by atoms with Crippen LogP contribution in [0.1, 0.15) is 64.7 Å². The van der Waals surface area contributed by atoms with Gasteiger partial charge in [-0.25, -0.2) is 0 Å². The van der Waals surface area contributed by atoms with Gasteiger partial charge in [0.1, 0.15) is 5.78 Å². The topological polar surface area (TPSA) is 17.1 Å². The summed E-state index contributed by atoms with van der Waals surface area (Å²) >= 11 is 0. The van der Waals surface area contributed by atoms with Crippen LogP contribution < -0.4 is 0 Å². The minimum Gasteiger partial charge on any atom is -0.299 e. The summed E-state index contributed by atoms with van der Waals surface area (Å²) in [5, 5.41) is 0. The Kier molecular flexibility index (Phi) is 6.16. The summed E-state index contributed by atoms with van der Waals surface area (Å²) in [6, 6.07) is 0. The highest BCUT2D eigenvalue weighted by atomic mass is 19.4. The first kappa shape index (κ1) is 15.5. The van der Waals surface area contributed by atoms with Gasteiger partial charge >= 0.3 is 6.18 Å². The van der Waals surface area contributed by atoms with Crippen LogP contribution in [0.2, 0.25) is 0 Å². The highest BCUT2D eigenvalue weighted by Gasteiger charge is 2.31. The molecule has 0 unspecified atom stereocenters. The van der Waals surface area contributed by atoms with Crippen LogP contribution in [0.15, 0.2) is 0 Å². The number of ketones is 1. The maximum absolute atomic E-state index is 12.0. The zero-order chi connectivity index (χ0) is 13.6. The van der Waals surface area contributed by atoms with E-state index in [9.17, 15) is 18.0 Å². The van der Waals surface area contributed by atoms with E-state index in [0.717, 1.165) is 25.7 Å². The average Bonchev–Trinajstić information content (AvgIpc) is 2.33. The molecule has 0 bridgehead atoms. The molecule has 0 amide bonds. The second-order valence-corrected chi connectivity index (χ2v) is 5.44. The summed E-state index contributed by atoms with van der Waals surface area (Å²) in [7, 11) is 0. The molecule has 1 saturated carbocycles. The Labute approximate surface area is 107 Å². The molecular formula is C14H23F3O. The first-order chi connectivity index (χ1) is 8.42. The molecular weight excluding hydrogens is 241 g/mol. The Morgan fingerprint density at radius 3 is 2.28 bits per heavy atom. The summed E-state index contributed by atoms with van der Waals surface area (Å²) in [4.78, 5) is 11.7. The predicted octanol–water partition coefficient (Wildman–Crippen LogP) is 4.89. The van der Waals surface area contributed by atoms with Crippen molar-refractivity contribution in [3.8, 4) is 0 Å². The van der Waals surface area contributed by atoms with E-state index in [-0.39, 0.29) is 18.1 Å². The van der Waals surface area contributed by atoms with Crippen molar-refractivity contribution in [3.05, 3.63) is 0 Å². The molecule has 0 atom stereocenters. The van der Waals surface area contributed by atoms with Gasteiger partial charge in [-0.2, -0.15) is 13.2 Å². The monoisotopic (exact) mass is 264 g/mol. The van der Waals surface area contributed by atoms with E-state index < -0.39 is 12.6 Å². The molecule has 1 rings (SSSR count). The van der Waals surface area contributed by atoms with Gasteiger partial charge < -0.3 is 0 Å². The van der Waals surface area contributed by atoms with Gasteiger partial charge in [-0.3, -0.25) is 4.79 Å². The third-order valence-corrected chi connectivity index (χ3v) is 3.92. The molecule has 0 aromatic heterocycles. The van der Waals surface area contributed by atoms with Crippen LogP contribution in [0, 0.1) is 11.8 Å². The largest absolute Gasteiger partial charge is 0.389 e. The van der Waals surface area contributed by atoms with Crippen molar-refractivity contribution in [1.29, 1.82) is 0 Å². The van der Waals surface area contributed by atoms with Crippen molar-refractivity contribution >= 4 is 5.78 Å². The van der Waals surface area contributed by atoms with Gasteiger partial charge in [-0.1, -0.05) is 26.2 Å². The molecule has 1 nitrogen and oxygen atoms in total. The van der Waals surface area contributed by atoms with E-state index in [1.165, 1.54) is 19.3 Å². The fraction of sp³-hybridized carbons (Fsp3) is 0.929. The van der Waals surface area contributed by atoms with Crippen molar-refractivity contribution in [3.63, 3.8) is 0 Å². The van der Waals surface area contributed by atoms with Crippen LogP contribution in [-0.2, 0) is 4.79 Å². The van der Waals surface area contributed by atoms with E-state index >= 15 is 0 Å². The van der Waals surface area contributed by atoms with Crippen molar-refractivity contribution < 1.29 is 18.0 Å².